The SMILES string of the molecule is CCN(Cc1ccc(OC)c(OC)c1)C(=O)c1c(C)[nH]c2ccccc12. The Labute approximate surface area is 153 Å². The number of H-pyrrole nitrogens is 1. The van der Waals surface area contributed by atoms with Crippen molar-refractivity contribution in [2.45, 2.75) is 20.4 Å². The predicted octanol–water partition coefficient (Wildman–Crippen LogP) is 4.16. The molecule has 0 aliphatic heterocycles. The molecule has 0 aliphatic carbocycles. The summed E-state index contributed by atoms with van der Waals surface area (Å²) in [4.78, 5) is 18.3. The largest absolute Gasteiger partial charge is 0.493 e. The lowest BCUT2D eigenvalue weighted by Gasteiger charge is -2.22. The molecule has 0 aliphatic rings. The second-order valence-corrected chi connectivity index (χ2v) is 6.18. The highest BCUT2D eigenvalue weighted by Crippen LogP contribution is 2.29. The molecule has 0 spiro atoms. The molecule has 26 heavy (non-hydrogen) atoms. The maximum atomic E-state index is 13.2. The molecule has 0 atom stereocenters. The van der Waals surface area contributed by atoms with Crippen molar-refractivity contribution in [1.82, 2.24) is 9.88 Å². The van der Waals surface area contributed by atoms with Gasteiger partial charge < -0.3 is 19.4 Å². The van der Waals surface area contributed by atoms with E-state index in [1.807, 2.05) is 61.2 Å². The second-order valence-electron chi connectivity index (χ2n) is 6.18. The number of amides is 1. The van der Waals surface area contributed by atoms with Crippen molar-refractivity contribution in [3.8, 4) is 11.5 Å². The number of aromatic nitrogens is 1. The molecule has 0 saturated carbocycles. The van der Waals surface area contributed by atoms with Crippen LogP contribution in [0.1, 0.15) is 28.5 Å². The molecule has 0 saturated heterocycles. The van der Waals surface area contributed by atoms with Crippen molar-refractivity contribution in [3.63, 3.8) is 0 Å². The van der Waals surface area contributed by atoms with E-state index in [1.165, 1.54) is 0 Å². The van der Waals surface area contributed by atoms with Gasteiger partial charge in [0.05, 0.1) is 19.8 Å². The van der Waals surface area contributed by atoms with E-state index in [4.69, 9.17) is 9.47 Å². The first-order valence-electron chi connectivity index (χ1n) is 8.66. The standard InChI is InChI=1S/C21H24N2O3/c1-5-23(13-15-10-11-18(25-3)19(12-15)26-4)21(24)20-14(2)22-17-9-7-6-8-16(17)20/h6-12,22H,5,13H2,1-4H3. The monoisotopic (exact) mass is 352 g/mol. The van der Waals surface area contributed by atoms with Crippen molar-refractivity contribution < 1.29 is 14.3 Å². The van der Waals surface area contributed by atoms with E-state index in [0.29, 0.717) is 24.6 Å². The highest BCUT2D eigenvalue weighted by molar-refractivity contribution is 6.08. The summed E-state index contributed by atoms with van der Waals surface area (Å²) in [7, 11) is 3.22. The van der Waals surface area contributed by atoms with Gasteiger partial charge in [-0.1, -0.05) is 24.3 Å². The molecule has 0 bridgehead atoms. The van der Waals surface area contributed by atoms with Crippen LogP contribution in [0.2, 0.25) is 0 Å². The minimum atomic E-state index is 0.0252. The topological polar surface area (TPSA) is 54.6 Å². The van der Waals surface area contributed by atoms with Crippen LogP contribution in [0.4, 0.5) is 0 Å². The van der Waals surface area contributed by atoms with Gasteiger partial charge in [-0.15, -0.1) is 0 Å². The average molecular weight is 352 g/mol. The Balaban J connectivity index is 1.91. The van der Waals surface area contributed by atoms with Crippen molar-refractivity contribution in [3.05, 3.63) is 59.3 Å². The van der Waals surface area contributed by atoms with Gasteiger partial charge in [-0.2, -0.15) is 0 Å². The molecule has 1 heterocycles. The molecule has 2 aromatic carbocycles. The number of para-hydroxylation sites is 1. The number of hydrogen-bond acceptors (Lipinski definition) is 3. The number of nitrogens with zero attached hydrogens (tertiary/aromatic N) is 1. The quantitative estimate of drug-likeness (QED) is 0.725. The predicted molar refractivity (Wildman–Crippen MR) is 103 cm³/mol. The zero-order chi connectivity index (χ0) is 18.7. The van der Waals surface area contributed by atoms with E-state index in [0.717, 1.165) is 27.7 Å². The highest BCUT2D eigenvalue weighted by Gasteiger charge is 2.21. The Morgan fingerprint density at radius 1 is 1.08 bits per heavy atom. The van der Waals surface area contributed by atoms with Crippen LogP contribution in [0.15, 0.2) is 42.5 Å². The molecule has 5 heteroatoms. The summed E-state index contributed by atoms with van der Waals surface area (Å²) in [6.45, 7) is 5.06. The lowest BCUT2D eigenvalue weighted by molar-refractivity contribution is 0.0753. The molecule has 1 N–H and O–H groups in total. The van der Waals surface area contributed by atoms with E-state index in [2.05, 4.69) is 4.98 Å². The number of aromatic amines is 1. The molecule has 5 nitrogen and oxygen atoms in total. The van der Waals surface area contributed by atoms with Gasteiger partial charge >= 0.3 is 0 Å². The van der Waals surface area contributed by atoms with Gasteiger partial charge in [-0.3, -0.25) is 4.79 Å². The smallest absolute Gasteiger partial charge is 0.256 e. The fourth-order valence-electron chi connectivity index (χ4n) is 3.24. The lowest BCUT2D eigenvalue weighted by Crippen LogP contribution is -2.30. The van der Waals surface area contributed by atoms with Crippen LogP contribution >= 0.6 is 0 Å². The first-order valence-corrected chi connectivity index (χ1v) is 8.66. The third-order valence-electron chi connectivity index (χ3n) is 4.60. The van der Waals surface area contributed by atoms with Crippen LogP contribution in [0, 0.1) is 6.92 Å². The number of hydrogen-bond donors (Lipinski definition) is 1. The Kier molecular flexibility index (Phi) is 5.16. The van der Waals surface area contributed by atoms with E-state index in [9.17, 15) is 4.79 Å². The Morgan fingerprint density at radius 2 is 1.81 bits per heavy atom. The van der Waals surface area contributed by atoms with Gasteiger partial charge in [0.15, 0.2) is 11.5 Å². The van der Waals surface area contributed by atoms with Crippen molar-refractivity contribution in [1.29, 1.82) is 0 Å². The number of nitrogens with one attached hydrogen (secondary N) is 1. The summed E-state index contributed by atoms with van der Waals surface area (Å²) in [6.07, 6.45) is 0. The minimum absolute atomic E-state index is 0.0252. The fraction of sp³-hybridized carbons (Fsp3) is 0.286. The van der Waals surface area contributed by atoms with Crippen molar-refractivity contribution in [2.75, 3.05) is 20.8 Å². The molecule has 1 aromatic heterocycles. The van der Waals surface area contributed by atoms with Crippen LogP contribution in [-0.4, -0.2) is 36.6 Å². The summed E-state index contributed by atoms with van der Waals surface area (Å²) < 4.78 is 10.7. The number of rotatable bonds is 6. The Morgan fingerprint density at radius 3 is 2.50 bits per heavy atom. The zero-order valence-electron chi connectivity index (χ0n) is 15.6. The van der Waals surface area contributed by atoms with Crippen molar-refractivity contribution in [2.24, 2.45) is 0 Å². The van der Waals surface area contributed by atoms with Gasteiger partial charge in [-0.25, -0.2) is 0 Å². The van der Waals surface area contributed by atoms with E-state index in [1.54, 1.807) is 14.2 Å². The number of aryl methyl sites for hydroxylation is 1. The highest BCUT2D eigenvalue weighted by atomic mass is 16.5. The fourth-order valence-corrected chi connectivity index (χ4v) is 3.24. The van der Waals surface area contributed by atoms with Crippen LogP contribution in [-0.2, 0) is 6.54 Å². The van der Waals surface area contributed by atoms with E-state index >= 15 is 0 Å². The van der Waals surface area contributed by atoms with Gasteiger partial charge in [0.25, 0.3) is 5.91 Å². The van der Waals surface area contributed by atoms with Gasteiger partial charge in [0.2, 0.25) is 0 Å². The number of benzene rings is 2. The van der Waals surface area contributed by atoms with Crippen LogP contribution < -0.4 is 9.47 Å². The zero-order valence-corrected chi connectivity index (χ0v) is 15.6. The molecule has 3 rings (SSSR count). The third-order valence-corrected chi connectivity index (χ3v) is 4.60. The average Bonchev–Trinajstić information content (AvgIpc) is 3.00. The van der Waals surface area contributed by atoms with Crippen LogP contribution in [0.3, 0.4) is 0 Å². The summed E-state index contributed by atoms with van der Waals surface area (Å²) in [5.41, 5.74) is 3.61. The van der Waals surface area contributed by atoms with Crippen LogP contribution in [0.25, 0.3) is 10.9 Å². The maximum Gasteiger partial charge on any atom is 0.256 e. The molecule has 0 radical (unpaired) electrons. The van der Waals surface area contributed by atoms with Gasteiger partial charge in [0.1, 0.15) is 0 Å². The normalized spacial score (nSPS) is 10.8. The van der Waals surface area contributed by atoms with E-state index in [-0.39, 0.29) is 5.91 Å². The molecule has 3 aromatic rings. The lowest BCUT2D eigenvalue weighted by atomic mass is 10.1. The molecule has 1 amide bonds. The summed E-state index contributed by atoms with van der Waals surface area (Å²) >= 11 is 0. The molecule has 0 unspecified atom stereocenters. The molecular formula is C21H24N2O3. The first-order chi connectivity index (χ1) is 12.6. The van der Waals surface area contributed by atoms with Crippen LogP contribution in [0.5, 0.6) is 11.5 Å². The summed E-state index contributed by atoms with van der Waals surface area (Å²) in [5, 5.41) is 0.959. The Hall–Kier alpha value is -2.95. The summed E-state index contributed by atoms with van der Waals surface area (Å²) in [5.74, 6) is 1.37. The summed E-state index contributed by atoms with van der Waals surface area (Å²) in [6, 6.07) is 13.6. The minimum Gasteiger partial charge on any atom is -0.493 e. The number of ether oxygens (including phenoxy) is 2. The first kappa shape index (κ1) is 17.9. The van der Waals surface area contributed by atoms with Gasteiger partial charge in [0, 0.05) is 29.7 Å². The third kappa shape index (κ3) is 3.25. The second kappa shape index (κ2) is 7.52. The number of carbonyl (C=O) groups excluding carboxylic acids is 1. The van der Waals surface area contributed by atoms with Gasteiger partial charge in [-0.05, 0) is 37.6 Å². The maximum absolute atomic E-state index is 13.2. The molecule has 136 valence electrons. The number of methoxy groups -OCH3 is 2. The number of carbonyl (C=O) groups is 1. The molecule has 0 fully saturated rings. The van der Waals surface area contributed by atoms with Crippen molar-refractivity contribution >= 4 is 16.8 Å². The Bertz CT molecular complexity index is 930. The van der Waals surface area contributed by atoms with E-state index < -0.39 is 0 Å². The molecular weight excluding hydrogens is 328 g/mol. The number of fused-ring (bicyclic) bond motifs is 1.